The maximum absolute atomic E-state index is 12.6. The van der Waals surface area contributed by atoms with Gasteiger partial charge in [0.25, 0.3) is 5.69 Å². The van der Waals surface area contributed by atoms with Crippen molar-refractivity contribution in [3.63, 3.8) is 0 Å². The molecule has 1 heterocycles. The number of non-ortho nitro benzene ring substituents is 1. The molecule has 3 rings (SSSR count). The molecule has 0 saturated carbocycles. The number of nitriles is 1. The average Bonchev–Trinajstić information content (AvgIpc) is 3.05. The summed E-state index contributed by atoms with van der Waals surface area (Å²) < 4.78 is 7.95. The minimum absolute atomic E-state index is 0. The number of benzene rings is 2. The van der Waals surface area contributed by atoms with Crippen molar-refractivity contribution in [3.05, 3.63) is 63.7 Å². The van der Waals surface area contributed by atoms with Gasteiger partial charge in [0.15, 0.2) is 11.3 Å². The van der Waals surface area contributed by atoms with Crippen LogP contribution in [0.5, 0.6) is 0 Å². The number of rotatable bonds is 4. The zero-order valence-electron chi connectivity index (χ0n) is 12.5. The van der Waals surface area contributed by atoms with Crippen molar-refractivity contribution >= 4 is 34.2 Å². The minimum atomic E-state index is -1.09. The minimum Gasteiger partial charge on any atom is -0.292 e. The van der Waals surface area contributed by atoms with Crippen LogP contribution in [0, 0.1) is 21.4 Å². The molecule has 7 nitrogen and oxygen atoms in total. The number of fused-ring (bicyclic) bond motifs is 1. The Morgan fingerprint density at radius 2 is 1.83 bits per heavy atom. The monoisotopic (exact) mass is 347 g/mol. The van der Waals surface area contributed by atoms with Crippen LogP contribution in [0.25, 0.3) is 11.0 Å². The Morgan fingerprint density at radius 1 is 1.17 bits per heavy atom. The number of hydrogen-bond donors (Lipinski definition) is 0. The van der Waals surface area contributed by atoms with E-state index in [4.69, 9.17) is 0 Å². The molecule has 0 saturated heterocycles. The van der Waals surface area contributed by atoms with Gasteiger partial charge in [-0.3, -0.25) is 14.9 Å². The predicted octanol–water partition coefficient (Wildman–Crippen LogP) is 0.0936. The molecule has 0 spiro atoms. The smallest absolute Gasteiger partial charge is 0.292 e. The number of Topliss-reactive ketones (excluding diaryl/α,β-unsaturated/α-hetero) is 1. The zero-order chi connectivity index (χ0) is 16.4. The molecule has 0 N–H and O–H groups in total. The summed E-state index contributed by atoms with van der Waals surface area (Å²) in [6, 6.07) is 13.0. The van der Waals surface area contributed by atoms with E-state index in [9.17, 15) is 20.2 Å². The van der Waals surface area contributed by atoms with Crippen LogP contribution in [0.15, 0.2) is 42.5 Å². The number of ketones is 1. The maximum atomic E-state index is 12.6. The zero-order valence-corrected chi connectivity index (χ0v) is 15.4. The Kier molecular flexibility index (Phi) is 5.75. The molecule has 1 aromatic heterocycles. The second-order valence-electron chi connectivity index (χ2n) is 4.68. The van der Waals surface area contributed by atoms with Crippen molar-refractivity contribution in [3.8, 4) is 6.07 Å². The van der Waals surface area contributed by atoms with Gasteiger partial charge >= 0.3 is 29.6 Å². The van der Waals surface area contributed by atoms with Crippen LogP contribution in [0.2, 0.25) is 0 Å². The molecule has 9 heteroatoms. The summed E-state index contributed by atoms with van der Waals surface area (Å²) in [5.74, 6) is -1.47. The average molecular weight is 347 g/mol. The summed E-state index contributed by atoms with van der Waals surface area (Å²) in [7, 11) is 0. The fourth-order valence-corrected chi connectivity index (χ4v) is 2.87. The van der Waals surface area contributed by atoms with Gasteiger partial charge in [-0.15, -0.1) is 0 Å². The summed E-state index contributed by atoms with van der Waals surface area (Å²) in [6.45, 7) is 0. The number of carbonyl (C=O) groups is 1. The Balaban J connectivity index is 0.00000208. The fraction of sp³-hybridized carbons (Fsp3) is 0.0667. The Labute approximate surface area is 162 Å². The molecule has 112 valence electrons. The maximum Gasteiger partial charge on any atom is 1.00 e. The summed E-state index contributed by atoms with van der Waals surface area (Å²) in [4.78, 5) is 23.0. The molecule has 0 amide bonds. The number of carbonyl (C=O) groups excluding carboxylic acids is 1. The third-order valence-corrected chi connectivity index (χ3v) is 3.91. The van der Waals surface area contributed by atoms with Crippen molar-refractivity contribution in [2.45, 2.75) is 5.92 Å². The molecule has 0 aliphatic rings. The second-order valence-corrected chi connectivity index (χ2v) is 5.21. The third-order valence-electron chi connectivity index (χ3n) is 3.38. The van der Waals surface area contributed by atoms with Crippen molar-refractivity contribution in [1.29, 1.82) is 5.26 Å². The van der Waals surface area contributed by atoms with E-state index in [-0.39, 0.29) is 52.1 Å². The van der Waals surface area contributed by atoms with E-state index in [1.807, 2.05) is 6.07 Å². The van der Waals surface area contributed by atoms with Gasteiger partial charge in [-0.2, -0.15) is 14.0 Å². The van der Waals surface area contributed by atoms with Gasteiger partial charge in [0, 0.05) is 17.2 Å². The Bertz CT molecular complexity index is 952. The molecule has 1 unspecified atom stereocenters. The largest absolute Gasteiger partial charge is 1.00 e. The van der Waals surface area contributed by atoms with Crippen LogP contribution in [-0.2, 0) is 0 Å². The summed E-state index contributed by atoms with van der Waals surface area (Å²) in [6.07, 6.45) is 0. The van der Waals surface area contributed by atoms with E-state index < -0.39 is 10.8 Å². The van der Waals surface area contributed by atoms with Gasteiger partial charge in [0.2, 0.25) is 0 Å². The standard InChI is InChI=1S/C15H8N4O3S.Na/c16-8-11(15(20)9-4-2-1-3-5-9)10-6-7-12(19(21)22)14-13(10)17-23-18-14;/h1-7,11H;/q;+1. The molecule has 0 bridgehead atoms. The summed E-state index contributed by atoms with van der Waals surface area (Å²) in [5, 5.41) is 20.5. The van der Waals surface area contributed by atoms with Gasteiger partial charge in [-0.25, -0.2) is 0 Å². The molecular weight excluding hydrogens is 339 g/mol. The van der Waals surface area contributed by atoms with Gasteiger partial charge in [-0.05, 0) is 6.07 Å². The molecule has 2 aromatic carbocycles. The summed E-state index contributed by atoms with van der Waals surface area (Å²) in [5.41, 5.74) is 0.851. The van der Waals surface area contributed by atoms with E-state index in [2.05, 4.69) is 8.75 Å². The first-order valence-corrected chi connectivity index (χ1v) is 7.25. The number of nitrogens with zero attached hydrogens (tertiary/aromatic N) is 4. The van der Waals surface area contributed by atoms with Crippen molar-refractivity contribution in [1.82, 2.24) is 8.75 Å². The van der Waals surface area contributed by atoms with Crippen molar-refractivity contribution < 1.29 is 39.3 Å². The molecular formula is C15H8N4NaO3S+. The van der Waals surface area contributed by atoms with E-state index in [0.29, 0.717) is 11.1 Å². The first-order valence-electron chi connectivity index (χ1n) is 6.52. The number of nitro benzene ring substituents is 1. The second kappa shape index (κ2) is 7.59. The first kappa shape index (κ1) is 18.2. The van der Waals surface area contributed by atoms with Gasteiger partial charge in [0.1, 0.15) is 11.4 Å². The van der Waals surface area contributed by atoms with Crippen molar-refractivity contribution in [2.75, 3.05) is 0 Å². The van der Waals surface area contributed by atoms with Gasteiger partial charge in [0.05, 0.1) is 22.7 Å². The van der Waals surface area contributed by atoms with Crippen LogP contribution in [-0.4, -0.2) is 19.5 Å². The third kappa shape index (κ3) is 3.20. The van der Waals surface area contributed by atoms with Crippen molar-refractivity contribution in [2.24, 2.45) is 0 Å². The molecule has 1 atom stereocenters. The van der Waals surface area contributed by atoms with Crippen LogP contribution in [0.4, 0.5) is 5.69 Å². The first-order chi connectivity index (χ1) is 11.1. The number of hydrogen-bond acceptors (Lipinski definition) is 7. The molecule has 0 radical (unpaired) electrons. The topological polar surface area (TPSA) is 110 Å². The number of aromatic nitrogens is 2. The van der Waals surface area contributed by atoms with Gasteiger partial charge in [-0.1, -0.05) is 30.3 Å². The summed E-state index contributed by atoms with van der Waals surface area (Å²) >= 11 is 0.809. The molecule has 0 aliphatic heterocycles. The predicted molar refractivity (Wildman–Crippen MR) is 83.2 cm³/mol. The van der Waals surface area contributed by atoms with Crippen LogP contribution in [0.1, 0.15) is 21.8 Å². The Morgan fingerprint density at radius 3 is 2.46 bits per heavy atom. The normalized spacial score (nSPS) is 11.3. The molecule has 24 heavy (non-hydrogen) atoms. The van der Waals surface area contributed by atoms with E-state index in [0.717, 1.165) is 11.7 Å². The number of nitro groups is 1. The molecule has 0 fully saturated rings. The van der Waals surface area contributed by atoms with Gasteiger partial charge < -0.3 is 0 Å². The molecule has 3 aromatic rings. The van der Waals surface area contributed by atoms with Crippen LogP contribution < -0.4 is 29.6 Å². The molecule has 0 aliphatic carbocycles. The van der Waals surface area contributed by atoms with Crippen LogP contribution >= 0.6 is 11.7 Å². The van der Waals surface area contributed by atoms with E-state index in [1.165, 1.54) is 12.1 Å². The Hall–Kier alpha value is -2.18. The van der Waals surface area contributed by atoms with E-state index in [1.54, 1.807) is 30.3 Å². The van der Waals surface area contributed by atoms with Crippen LogP contribution in [0.3, 0.4) is 0 Å². The fourth-order valence-electron chi connectivity index (χ4n) is 2.29. The van der Waals surface area contributed by atoms with E-state index >= 15 is 0 Å². The SMILES string of the molecule is N#CC(C(=O)c1ccccc1)c1ccc([N+](=O)[O-])c2nsnc12.[Na+]. The quantitative estimate of drug-likeness (QED) is 0.286.